The average molecular weight is 605 g/mol. The second-order valence-electron chi connectivity index (χ2n) is 11.2. The van der Waals surface area contributed by atoms with Crippen molar-refractivity contribution in [2.45, 2.75) is 0 Å². The van der Waals surface area contributed by atoms with E-state index in [-0.39, 0.29) is 0 Å². The zero-order valence-corrected chi connectivity index (χ0v) is 24.9. The molecule has 47 heavy (non-hydrogen) atoms. The van der Waals surface area contributed by atoms with Gasteiger partial charge in [-0.05, 0) is 29.8 Å². The van der Waals surface area contributed by atoms with E-state index in [1.807, 2.05) is 121 Å². The molecule has 9 aromatic rings. The number of aromatic nitrogens is 6. The van der Waals surface area contributed by atoms with Crippen LogP contribution in [0.15, 0.2) is 150 Å². The van der Waals surface area contributed by atoms with E-state index in [2.05, 4.69) is 23.2 Å². The van der Waals surface area contributed by atoms with E-state index >= 15 is 0 Å². The molecule has 7 nitrogen and oxygen atoms in total. The van der Waals surface area contributed by atoms with Gasteiger partial charge in [0.05, 0.1) is 11.2 Å². The molecule has 0 N–H and O–H groups in total. The molecular weight excluding hydrogens is 580 g/mol. The van der Waals surface area contributed by atoms with Crippen molar-refractivity contribution in [3.05, 3.63) is 146 Å². The van der Waals surface area contributed by atoms with Gasteiger partial charge in [-0.3, -0.25) is 0 Å². The van der Waals surface area contributed by atoms with Crippen molar-refractivity contribution >= 4 is 33.0 Å². The highest BCUT2D eigenvalue weighted by Gasteiger charge is 2.16. The Kier molecular flexibility index (Phi) is 6.31. The van der Waals surface area contributed by atoms with Crippen LogP contribution in [0.25, 0.3) is 89.7 Å². The molecule has 0 saturated carbocycles. The monoisotopic (exact) mass is 604 g/mol. The summed E-state index contributed by atoms with van der Waals surface area (Å²) in [5, 5.41) is 2.92. The first kappa shape index (κ1) is 26.8. The third kappa shape index (κ3) is 4.78. The Morgan fingerprint density at radius 2 is 1.04 bits per heavy atom. The van der Waals surface area contributed by atoms with E-state index < -0.39 is 0 Å². The summed E-state index contributed by atoms with van der Waals surface area (Å²) in [7, 11) is 0. The van der Waals surface area contributed by atoms with Crippen molar-refractivity contribution in [3.63, 3.8) is 0 Å². The second kappa shape index (κ2) is 11.1. The molecule has 0 aliphatic heterocycles. The highest BCUT2D eigenvalue weighted by atomic mass is 16.3. The molecule has 0 atom stereocenters. The highest BCUT2D eigenvalue weighted by Crippen LogP contribution is 2.35. The van der Waals surface area contributed by atoms with Crippen molar-refractivity contribution in [3.8, 4) is 56.7 Å². The lowest BCUT2D eigenvalue weighted by Gasteiger charge is -2.11. The van der Waals surface area contributed by atoms with Gasteiger partial charge in [-0.2, -0.15) is 0 Å². The van der Waals surface area contributed by atoms with Crippen molar-refractivity contribution in [2.75, 3.05) is 0 Å². The number of rotatable bonds is 5. The fourth-order valence-electron chi connectivity index (χ4n) is 6.03. The zero-order chi connectivity index (χ0) is 31.2. The Bertz CT molecular complexity index is 2520. The summed E-state index contributed by atoms with van der Waals surface area (Å²) >= 11 is 0. The first-order valence-electron chi connectivity index (χ1n) is 15.3. The number of benzene rings is 5. The molecule has 220 valence electrons. The molecular formula is C40H24N6O. The Morgan fingerprint density at radius 1 is 0.426 bits per heavy atom. The second-order valence-corrected chi connectivity index (χ2v) is 11.2. The van der Waals surface area contributed by atoms with Crippen molar-refractivity contribution in [2.24, 2.45) is 0 Å². The summed E-state index contributed by atoms with van der Waals surface area (Å²) in [5.74, 6) is 1.84. The molecule has 0 aliphatic carbocycles. The number of nitrogens with zero attached hydrogens (tertiary/aromatic N) is 6. The van der Waals surface area contributed by atoms with Crippen molar-refractivity contribution in [1.29, 1.82) is 0 Å². The molecule has 0 unspecified atom stereocenters. The Balaban J connectivity index is 1.16. The topological polar surface area (TPSA) is 90.5 Å². The third-order valence-corrected chi connectivity index (χ3v) is 8.28. The first-order chi connectivity index (χ1) is 23.3. The van der Waals surface area contributed by atoms with E-state index in [0.717, 1.165) is 66.5 Å². The molecule has 0 bridgehead atoms. The third-order valence-electron chi connectivity index (χ3n) is 8.28. The van der Waals surface area contributed by atoms with E-state index in [4.69, 9.17) is 29.3 Å². The van der Waals surface area contributed by atoms with Gasteiger partial charge < -0.3 is 4.42 Å². The van der Waals surface area contributed by atoms with Crippen LogP contribution in [0.2, 0.25) is 0 Å². The first-order valence-corrected chi connectivity index (χ1v) is 15.3. The van der Waals surface area contributed by atoms with Crippen LogP contribution in [0.5, 0.6) is 0 Å². The summed E-state index contributed by atoms with van der Waals surface area (Å²) in [4.78, 5) is 29.0. The number of hydrogen-bond acceptors (Lipinski definition) is 7. The molecule has 0 saturated heterocycles. The van der Waals surface area contributed by atoms with Gasteiger partial charge in [0.15, 0.2) is 17.5 Å². The van der Waals surface area contributed by atoms with Crippen LogP contribution >= 0.6 is 0 Å². The van der Waals surface area contributed by atoms with E-state index in [1.54, 1.807) is 6.33 Å². The molecule has 0 fully saturated rings. The van der Waals surface area contributed by atoms with E-state index in [9.17, 15) is 0 Å². The molecule has 0 amide bonds. The highest BCUT2D eigenvalue weighted by molar-refractivity contribution is 6.05. The van der Waals surface area contributed by atoms with Crippen LogP contribution in [-0.2, 0) is 0 Å². The SMILES string of the molecule is c1ccc(-c2nc(-c3ccccc3)nc(-c3cccc(-c4cccc5c(-c6ccc7c(n6)oc6ccccc67)ncnc45)c3)n2)cc1. The molecule has 4 aromatic heterocycles. The van der Waals surface area contributed by atoms with Gasteiger partial charge in [0.25, 0.3) is 0 Å². The lowest BCUT2D eigenvalue weighted by Crippen LogP contribution is -2.00. The molecule has 0 spiro atoms. The molecule has 4 heterocycles. The van der Waals surface area contributed by atoms with Gasteiger partial charge in [-0.25, -0.2) is 29.9 Å². The quantitative estimate of drug-likeness (QED) is 0.193. The normalized spacial score (nSPS) is 11.4. The minimum atomic E-state index is 0.585. The minimum absolute atomic E-state index is 0.585. The van der Waals surface area contributed by atoms with Crippen LogP contribution in [-0.4, -0.2) is 29.9 Å². The molecule has 5 aromatic carbocycles. The predicted molar refractivity (Wildman–Crippen MR) is 185 cm³/mol. The number of fused-ring (bicyclic) bond motifs is 4. The van der Waals surface area contributed by atoms with Crippen LogP contribution in [0.1, 0.15) is 0 Å². The average Bonchev–Trinajstić information content (AvgIpc) is 3.53. The number of hydrogen-bond donors (Lipinski definition) is 0. The summed E-state index contributed by atoms with van der Waals surface area (Å²) in [5.41, 5.74) is 8.38. The van der Waals surface area contributed by atoms with E-state index in [1.165, 1.54) is 0 Å². The summed E-state index contributed by atoms with van der Waals surface area (Å²) in [6.45, 7) is 0. The fraction of sp³-hybridized carbons (Fsp3) is 0. The molecule has 0 radical (unpaired) electrons. The van der Waals surface area contributed by atoms with Crippen LogP contribution in [0.4, 0.5) is 0 Å². The largest absolute Gasteiger partial charge is 0.438 e. The van der Waals surface area contributed by atoms with Crippen LogP contribution in [0.3, 0.4) is 0 Å². The van der Waals surface area contributed by atoms with Gasteiger partial charge >= 0.3 is 0 Å². The lowest BCUT2D eigenvalue weighted by molar-refractivity contribution is 0.654. The maximum atomic E-state index is 6.08. The van der Waals surface area contributed by atoms with Gasteiger partial charge in [-0.15, -0.1) is 0 Å². The smallest absolute Gasteiger partial charge is 0.227 e. The van der Waals surface area contributed by atoms with Crippen molar-refractivity contribution < 1.29 is 4.42 Å². The van der Waals surface area contributed by atoms with Gasteiger partial charge in [0.2, 0.25) is 5.71 Å². The Labute approximate surface area is 269 Å². The van der Waals surface area contributed by atoms with Gasteiger partial charge in [0, 0.05) is 38.4 Å². The predicted octanol–water partition coefficient (Wildman–Crippen LogP) is 9.44. The lowest BCUT2D eigenvalue weighted by atomic mass is 9.98. The number of furan rings is 1. The van der Waals surface area contributed by atoms with Crippen LogP contribution < -0.4 is 0 Å². The summed E-state index contributed by atoms with van der Waals surface area (Å²) in [6, 6.07) is 46.4. The minimum Gasteiger partial charge on any atom is -0.438 e. The number of pyridine rings is 1. The fourth-order valence-corrected chi connectivity index (χ4v) is 6.03. The molecule has 7 heteroatoms. The van der Waals surface area contributed by atoms with Gasteiger partial charge in [-0.1, -0.05) is 115 Å². The van der Waals surface area contributed by atoms with E-state index in [0.29, 0.717) is 23.2 Å². The maximum Gasteiger partial charge on any atom is 0.227 e. The molecule has 0 aliphatic rings. The standard InChI is InChI=1S/C40H24N6O/c1-3-11-25(12-4-1)37-44-38(26-13-5-2-6-14-26)46-39(45-37)28-16-9-15-27(23-28)29-18-10-19-32-35(29)41-24-42-36(32)33-22-21-31-30-17-7-8-20-34(30)47-40(31)43-33/h1-24H. The van der Waals surface area contributed by atoms with Crippen LogP contribution in [0, 0.1) is 0 Å². The summed E-state index contributed by atoms with van der Waals surface area (Å²) < 4.78 is 6.08. The molecule has 9 rings (SSSR count). The maximum absolute atomic E-state index is 6.08. The summed E-state index contributed by atoms with van der Waals surface area (Å²) in [6.07, 6.45) is 1.60. The Hall–Kier alpha value is -6.60. The van der Waals surface area contributed by atoms with Gasteiger partial charge in [0.1, 0.15) is 17.6 Å². The Morgan fingerprint density at radius 3 is 1.81 bits per heavy atom. The van der Waals surface area contributed by atoms with Crippen molar-refractivity contribution in [1.82, 2.24) is 29.9 Å². The number of para-hydroxylation sites is 2. The zero-order valence-electron chi connectivity index (χ0n) is 24.9.